The fourth-order valence-electron chi connectivity index (χ4n) is 1.77. The number of nitrogens with zero attached hydrogens (tertiary/aromatic N) is 1. The Labute approximate surface area is 86.4 Å². The van der Waals surface area contributed by atoms with E-state index in [1.165, 1.54) is 0 Å². The molecule has 0 aromatic heterocycles. The molecule has 3 heteroatoms. The largest absolute Gasteiger partial charge is 0.381 e. The molecule has 1 fully saturated rings. The number of ether oxygens (including phenoxy) is 1. The van der Waals surface area contributed by atoms with E-state index < -0.39 is 0 Å². The molecule has 0 aromatic carbocycles. The van der Waals surface area contributed by atoms with Gasteiger partial charge in [-0.15, -0.1) is 0 Å². The van der Waals surface area contributed by atoms with Crippen molar-refractivity contribution >= 4 is 5.91 Å². The molecule has 1 atom stereocenters. The summed E-state index contributed by atoms with van der Waals surface area (Å²) in [7, 11) is 1.92. The van der Waals surface area contributed by atoms with E-state index in [0.717, 1.165) is 32.5 Å². The van der Waals surface area contributed by atoms with E-state index in [1.807, 2.05) is 18.9 Å². The average Bonchev–Trinajstić information content (AvgIpc) is 2.27. The first-order valence-electron chi connectivity index (χ1n) is 5.51. The minimum absolute atomic E-state index is 0.155. The van der Waals surface area contributed by atoms with Crippen LogP contribution in [0.3, 0.4) is 0 Å². The van der Waals surface area contributed by atoms with Crippen LogP contribution >= 0.6 is 0 Å². The van der Waals surface area contributed by atoms with E-state index in [0.29, 0.717) is 6.04 Å². The summed E-state index contributed by atoms with van der Waals surface area (Å²) in [4.78, 5) is 13.8. The Morgan fingerprint density at radius 2 is 2.07 bits per heavy atom. The molecule has 82 valence electrons. The second-order valence-corrected chi connectivity index (χ2v) is 4.10. The summed E-state index contributed by atoms with van der Waals surface area (Å²) in [5, 5.41) is 0. The number of carbonyl (C=O) groups excluding carboxylic acids is 1. The van der Waals surface area contributed by atoms with Gasteiger partial charge in [0.05, 0.1) is 0 Å². The average molecular weight is 199 g/mol. The third-order valence-corrected chi connectivity index (χ3v) is 3.12. The molecule has 0 saturated carbocycles. The normalized spacial score (nSPS) is 20.5. The van der Waals surface area contributed by atoms with Crippen LogP contribution in [0.4, 0.5) is 0 Å². The Kier molecular flexibility index (Phi) is 4.39. The van der Waals surface area contributed by atoms with Gasteiger partial charge in [0.25, 0.3) is 0 Å². The molecular weight excluding hydrogens is 178 g/mol. The van der Waals surface area contributed by atoms with Crippen LogP contribution in [0.15, 0.2) is 0 Å². The molecule has 0 aromatic rings. The highest BCUT2D eigenvalue weighted by atomic mass is 16.5. The molecule has 3 nitrogen and oxygen atoms in total. The Balaban J connectivity index is 2.45. The summed E-state index contributed by atoms with van der Waals surface area (Å²) in [6.07, 6.45) is 2.89. The molecule has 1 aliphatic heterocycles. The molecule has 14 heavy (non-hydrogen) atoms. The van der Waals surface area contributed by atoms with Crippen molar-refractivity contribution in [2.75, 3.05) is 20.3 Å². The van der Waals surface area contributed by atoms with Crippen LogP contribution in [-0.4, -0.2) is 37.1 Å². The zero-order valence-corrected chi connectivity index (χ0v) is 9.45. The number of carbonyl (C=O) groups is 1. The van der Waals surface area contributed by atoms with Gasteiger partial charge in [-0.25, -0.2) is 0 Å². The van der Waals surface area contributed by atoms with E-state index >= 15 is 0 Å². The van der Waals surface area contributed by atoms with Gasteiger partial charge in [0.1, 0.15) is 0 Å². The third-order valence-electron chi connectivity index (χ3n) is 3.12. The molecule has 1 heterocycles. The maximum Gasteiger partial charge on any atom is 0.225 e. The molecule has 1 saturated heterocycles. The molecular formula is C11H21NO2. The highest BCUT2D eigenvalue weighted by Gasteiger charge is 2.24. The Morgan fingerprint density at radius 1 is 1.50 bits per heavy atom. The van der Waals surface area contributed by atoms with Gasteiger partial charge in [0.2, 0.25) is 5.91 Å². The van der Waals surface area contributed by atoms with Crippen molar-refractivity contribution < 1.29 is 9.53 Å². The smallest absolute Gasteiger partial charge is 0.225 e. The van der Waals surface area contributed by atoms with Crippen LogP contribution in [0, 0.1) is 5.92 Å². The molecule has 1 unspecified atom stereocenters. The summed E-state index contributed by atoms with van der Waals surface area (Å²) in [5.41, 5.74) is 0. The van der Waals surface area contributed by atoms with Crippen LogP contribution in [0.1, 0.15) is 33.1 Å². The summed E-state index contributed by atoms with van der Waals surface area (Å²) >= 11 is 0. The monoisotopic (exact) mass is 199 g/mol. The van der Waals surface area contributed by atoms with E-state index in [1.54, 1.807) is 0 Å². The molecule has 0 radical (unpaired) electrons. The van der Waals surface area contributed by atoms with Gasteiger partial charge in [-0.2, -0.15) is 0 Å². The van der Waals surface area contributed by atoms with Gasteiger partial charge in [0.15, 0.2) is 0 Å². The van der Waals surface area contributed by atoms with E-state index in [-0.39, 0.29) is 11.8 Å². The van der Waals surface area contributed by atoms with Crippen molar-refractivity contribution in [1.29, 1.82) is 0 Å². The molecule has 0 bridgehead atoms. The van der Waals surface area contributed by atoms with Gasteiger partial charge in [-0.05, 0) is 19.3 Å². The zero-order chi connectivity index (χ0) is 10.6. The van der Waals surface area contributed by atoms with Crippen LogP contribution in [0.5, 0.6) is 0 Å². The fraction of sp³-hybridized carbons (Fsp3) is 0.909. The van der Waals surface area contributed by atoms with E-state index in [2.05, 4.69) is 6.92 Å². The maximum atomic E-state index is 11.9. The van der Waals surface area contributed by atoms with E-state index in [4.69, 9.17) is 4.74 Å². The summed E-state index contributed by atoms with van der Waals surface area (Å²) < 4.78 is 5.28. The van der Waals surface area contributed by atoms with Gasteiger partial charge in [-0.1, -0.05) is 13.8 Å². The summed E-state index contributed by atoms with van der Waals surface area (Å²) in [5.74, 6) is 0.433. The zero-order valence-electron chi connectivity index (χ0n) is 9.45. The highest BCUT2D eigenvalue weighted by molar-refractivity contribution is 5.78. The van der Waals surface area contributed by atoms with Crippen molar-refractivity contribution in [3.05, 3.63) is 0 Å². The Morgan fingerprint density at radius 3 is 2.57 bits per heavy atom. The standard InChI is InChI=1S/C11H21NO2/c1-4-9(2)11(13)12(3)10-5-7-14-8-6-10/h9-10H,4-8H2,1-3H3. The van der Waals surface area contributed by atoms with Crippen LogP contribution in [0.2, 0.25) is 0 Å². The number of hydrogen-bond donors (Lipinski definition) is 0. The van der Waals surface area contributed by atoms with Gasteiger partial charge >= 0.3 is 0 Å². The predicted octanol–water partition coefficient (Wildman–Crippen LogP) is 1.67. The van der Waals surface area contributed by atoms with Crippen molar-refractivity contribution in [1.82, 2.24) is 4.90 Å². The molecule has 0 N–H and O–H groups in total. The fourth-order valence-corrected chi connectivity index (χ4v) is 1.77. The highest BCUT2D eigenvalue weighted by Crippen LogP contribution is 2.16. The lowest BCUT2D eigenvalue weighted by Crippen LogP contribution is -2.42. The van der Waals surface area contributed by atoms with Crippen LogP contribution < -0.4 is 0 Å². The van der Waals surface area contributed by atoms with Crippen LogP contribution in [0.25, 0.3) is 0 Å². The van der Waals surface area contributed by atoms with Gasteiger partial charge in [-0.3, -0.25) is 4.79 Å². The lowest BCUT2D eigenvalue weighted by molar-refractivity contribution is -0.137. The summed E-state index contributed by atoms with van der Waals surface area (Å²) in [6.45, 7) is 5.64. The second kappa shape index (κ2) is 5.35. The first-order chi connectivity index (χ1) is 6.66. The van der Waals surface area contributed by atoms with E-state index in [9.17, 15) is 4.79 Å². The quantitative estimate of drug-likeness (QED) is 0.692. The molecule has 0 aliphatic carbocycles. The SMILES string of the molecule is CCC(C)C(=O)N(C)C1CCOCC1. The molecule has 1 rings (SSSR count). The molecule has 1 amide bonds. The lowest BCUT2D eigenvalue weighted by Gasteiger charge is -2.32. The molecule has 1 aliphatic rings. The first kappa shape index (κ1) is 11.5. The second-order valence-electron chi connectivity index (χ2n) is 4.10. The Bertz CT molecular complexity index is 188. The van der Waals surface area contributed by atoms with Crippen molar-refractivity contribution in [2.45, 2.75) is 39.2 Å². The number of rotatable bonds is 3. The summed E-state index contributed by atoms with van der Waals surface area (Å²) in [6, 6.07) is 0.394. The first-order valence-corrected chi connectivity index (χ1v) is 5.51. The minimum Gasteiger partial charge on any atom is -0.381 e. The minimum atomic E-state index is 0.155. The predicted molar refractivity (Wildman–Crippen MR) is 56.1 cm³/mol. The van der Waals surface area contributed by atoms with Crippen molar-refractivity contribution in [3.8, 4) is 0 Å². The lowest BCUT2D eigenvalue weighted by atomic mass is 10.0. The topological polar surface area (TPSA) is 29.5 Å². The Hall–Kier alpha value is -0.570. The van der Waals surface area contributed by atoms with Gasteiger partial charge in [0, 0.05) is 32.2 Å². The van der Waals surface area contributed by atoms with Crippen LogP contribution in [-0.2, 0) is 9.53 Å². The maximum absolute atomic E-state index is 11.9. The third kappa shape index (κ3) is 2.71. The number of amides is 1. The van der Waals surface area contributed by atoms with Crippen molar-refractivity contribution in [3.63, 3.8) is 0 Å². The molecule has 0 spiro atoms. The van der Waals surface area contributed by atoms with Crippen molar-refractivity contribution in [2.24, 2.45) is 5.92 Å². The number of hydrogen-bond acceptors (Lipinski definition) is 2. The van der Waals surface area contributed by atoms with Gasteiger partial charge < -0.3 is 9.64 Å².